The van der Waals surface area contributed by atoms with Crippen molar-refractivity contribution in [3.05, 3.63) is 82.3 Å². The molecule has 0 radical (unpaired) electrons. The maximum Gasteiger partial charge on any atom is 0.258 e. The maximum absolute atomic E-state index is 14.5. The Bertz CT molecular complexity index is 1220. The first-order valence-electron chi connectivity index (χ1n) is 11.0. The molecule has 2 N–H and O–H groups in total. The molecular formula is C25H24ClFN4O4. The number of hydrogen-bond acceptors (Lipinski definition) is 6. The van der Waals surface area contributed by atoms with Gasteiger partial charge in [0.1, 0.15) is 17.4 Å². The molecule has 1 saturated heterocycles. The molecule has 0 bridgehead atoms. The Kier molecular flexibility index (Phi) is 7.79. The molecule has 8 nitrogen and oxygen atoms in total. The molecule has 4 rings (SSSR count). The van der Waals surface area contributed by atoms with E-state index in [-0.39, 0.29) is 22.7 Å². The van der Waals surface area contributed by atoms with Crippen molar-refractivity contribution in [3.63, 3.8) is 0 Å². The standard InChI is InChI=1S/C25H24ClFN4O4/c1-34-22-5-3-2-4-16(22)14-29-24(32)19-12-18(20(26)13-21(19)27)25(33)30-23-7-6-17(15-28-23)31-8-10-35-11-9-31/h2-7,12-13,15H,8-11,14H2,1H3,(H,29,32)(H,28,30,33). The molecule has 10 heteroatoms. The fourth-order valence-corrected chi connectivity index (χ4v) is 3.91. The molecule has 0 aliphatic carbocycles. The summed E-state index contributed by atoms with van der Waals surface area (Å²) >= 11 is 6.12. The molecule has 1 aliphatic rings. The highest BCUT2D eigenvalue weighted by Crippen LogP contribution is 2.23. The predicted molar refractivity (Wildman–Crippen MR) is 131 cm³/mol. The summed E-state index contributed by atoms with van der Waals surface area (Å²) in [6, 6.07) is 12.7. The first-order chi connectivity index (χ1) is 17.0. The zero-order valence-corrected chi connectivity index (χ0v) is 19.8. The summed E-state index contributed by atoms with van der Waals surface area (Å²) in [5, 5.41) is 5.16. The van der Waals surface area contributed by atoms with Crippen LogP contribution in [-0.4, -0.2) is 50.2 Å². The van der Waals surface area contributed by atoms with Crippen LogP contribution in [0.1, 0.15) is 26.3 Å². The average molecular weight is 499 g/mol. The first-order valence-corrected chi connectivity index (χ1v) is 11.3. The van der Waals surface area contributed by atoms with Crippen molar-refractivity contribution < 1.29 is 23.5 Å². The monoisotopic (exact) mass is 498 g/mol. The van der Waals surface area contributed by atoms with Crippen LogP contribution >= 0.6 is 11.6 Å². The number of halogens is 2. The van der Waals surface area contributed by atoms with E-state index in [1.165, 1.54) is 7.11 Å². The van der Waals surface area contributed by atoms with Crippen LogP contribution in [0, 0.1) is 5.82 Å². The van der Waals surface area contributed by atoms with Gasteiger partial charge in [0, 0.05) is 25.2 Å². The molecule has 1 aliphatic heterocycles. The van der Waals surface area contributed by atoms with E-state index >= 15 is 0 Å². The zero-order chi connectivity index (χ0) is 24.8. The highest BCUT2D eigenvalue weighted by Gasteiger charge is 2.20. The third kappa shape index (κ3) is 5.87. The number of benzene rings is 2. The number of morpholine rings is 1. The Morgan fingerprint density at radius 3 is 2.60 bits per heavy atom. The molecule has 2 amide bonds. The number of anilines is 2. The van der Waals surface area contributed by atoms with Crippen LogP contribution in [0.4, 0.5) is 15.9 Å². The van der Waals surface area contributed by atoms with Gasteiger partial charge in [-0.25, -0.2) is 9.37 Å². The summed E-state index contributed by atoms with van der Waals surface area (Å²) in [6.45, 7) is 2.94. The predicted octanol–water partition coefficient (Wildman–Crippen LogP) is 3.90. The van der Waals surface area contributed by atoms with Gasteiger partial charge in [0.2, 0.25) is 0 Å². The van der Waals surface area contributed by atoms with E-state index in [0.717, 1.165) is 36.5 Å². The summed E-state index contributed by atoms with van der Waals surface area (Å²) in [4.78, 5) is 31.9. The second-order valence-electron chi connectivity index (χ2n) is 7.76. The first kappa shape index (κ1) is 24.4. The van der Waals surface area contributed by atoms with Gasteiger partial charge in [-0.3, -0.25) is 9.59 Å². The Morgan fingerprint density at radius 2 is 1.89 bits per heavy atom. The van der Waals surface area contributed by atoms with Gasteiger partial charge in [-0.15, -0.1) is 0 Å². The number of rotatable bonds is 7. The van der Waals surface area contributed by atoms with Gasteiger partial charge >= 0.3 is 0 Å². The van der Waals surface area contributed by atoms with Crippen molar-refractivity contribution in [2.45, 2.75) is 6.54 Å². The number of amides is 2. The number of methoxy groups -OCH3 is 1. The van der Waals surface area contributed by atoms with Crippen LogP contribution in [0.3, 0.4) is 0 Å². The summed E-state index contributed by atoms with van der Waals surface area (Å²) in [7, 11) is 1.52. The van der Waals surface area contributed by atoms with Gasteiger partial charge in [-0.05, 0) is 30.3 Å². The molecule has 0 unspecified atom stereocenters. The molecule has 1 fully saturated rings. The van der Waals surface area contributed by atoms with Crippen molar-refractivity contribution >= 4 is 34.9 Å². The molecule has 0 spiro atoms. The fourth-order valence-electron chi connectivity index (χ4n) is 3.67. The Hall–Kier alpha value is -3.69. The molecule has 182 valence electrons. The van der Waals surface area contributed by atoms with Gasteiger partial charge in [-0.1, -0.05) is 29.8 Å². The van der Waals surface area contributed by atoms with Gasteiger partial charge < -0.3 is 25.0 Å². The smallest absolute Gasteiger partial charge is 0.258 e. The van der Waals surface area contributed by atoms with Crippen LogP contribution in [0.15, 0.2) is 54.7 Å². The fraction of sp³-hybridized carbons (Fsp3) is 0.240. The number of hydrogen-bond donors (Lipinski definition) is 2. The lowest BCUT2D eigenvalue weighted by atomic mass is 10.1. The molecular weight excluding hydrogens is 475 g/mol. The molecule has 35 heavy (non-hydrogen) atoms. The molecule has 0 atom stereocenters. The van der Waals surface area contributed by atoms with Crippen LogP contribution in [0.2, 0.25) is 5.02 Å². The Balaban J connectivity index is 1.45. The summed E-state index contributed by atoms with van der Waals surface area (Å²) in [5.74, 6) is -1.24. The largest absolute Gasteiger partial charge is 0.496 e. The van der Waals surface area contributed by atoms with Gasteiger partial charge in [0.15, 0.2) is 0 Å². The van der Waals surface area contributed by atoms with Crippen molar-refractivity contribution in [1.82, 2.24) is 10.3 Å². The van der Waals surface area contributed by atoms with E-state index in [1.54, 1.807) is 36.5 Å². The van der Waals surface area contributed by atoms with Crippen LogP contribution in [0.5, 0.6) is 5.75 Å². The minimum absolute atomic E-state index is 0.0467. The Labute approximate surface area is 207 Å². The molecule has 1 aromatic heterocycles. The van der Waals surface area contributed by atoms with E-state index in [9.17, 15) is 14.0 Å². The lowest BCUT2D eigenvalue weighted by Gasteiger charge is -2.28. The number of aromatic nitrogens is 1. The van der Waals surface area contributed by atoms with Crippen molar-refractivity contribution in [1.29, 1.82) is 0 Å². The number of carbonyl (C=O) groups excluding carboxylic acids is 2. The maximum atomic E-state index is 14.5. The number of carbonyl (C=O) groups is 2. The number of ether oxygens (including phenoxy) is 2. The number of nitrogens with one attached hydrogen (secondary N) is 2. The van der Waals surface area contributed by atoms with Gasteiger partial charge in [0.25, 0.3) is 11.8 Å². The second kappa shape index (κ2) is 11.2. The minimum atomic E-state index is -0.836. The second-order valence-corrected chi connectivity index (χ2v) is 8.17. The van der Waals surface area contributed by atoms with E-state index in [1.807, 2.05) is 6.07 Å². The highest BCUT2D eigenvalue weighted by atomic mass is 35.5. The number of para-hydroxylation sites is 1. The van der Waals surface area contributed by atoms with Gasteiger partial charge in [0.05, 0.1) is 48.4 Å². The van der Waals surface area contributed by atoms with Crippen molar-refractivity contribution in [2.24, 2.45) is 0 Å². The minimum Gasteiger partial charge on any atom is -0.496 e. The van der Waals surface area contributed by atoms with Crippen molar-refractivity contribution in [2.75, 3.05) is 43.6 Å². The van der Waals surface area contributed by atoms with Gasteiger partial charge in [-0.2, -0.15) is 0 Å². The topological polar surface area (TPSA) is 92.8 Å². The normalized spacial score (nSPS) is 13.3. The Morgan fingerprint density at radius 1 is 1.11 bits per heavy atom. The van der Waals surface area contributed by atoms with E-state index in [4.69, 9.17) is 21.1 Å². The quantitative estimate of drug-likeness (QED) is 0.513. The highest BCUT2D eigenvalue weighted by molar-refractivity contribution is 6.34. The summed E-state index contributed by atoms with van der Waals surface area (Å²) < 4.78 is 25.1. The molecule has 3 aromatic rings. The lowest BCUT2D eigenvalue weighted by molar-refractivity contribution is 0.0946. The zero-order valence-electron chi connectivity index (χ0n) is 19.0. The van der Waals surface area contributed by atoms with Crippen LogP contribution in [-0.2, 0) is 11.3 Å². The third-order valence-electron chi connectivity index (χ3n) is 5.54. The molecule has 2 heterocycles. The van der Waals surface area contributed by atoms with Crippen molar-refractivity contribution in [3.8, 4) is 5.75 Å². The summed E-state index contributed by atoms with van der Waals surface area (Å²) in [6.07, 6.45) is 1.66. The van der Waals surface area contributed by atoms with E-state index in [0.29, 0.717) is 24.8 Å². The summed E-state index contributed by atoms with van der Waals surface area (Å²) in [5.41, 5.74) is 1.29. The third-order valence-corrected chi connectivity index (χ3v) is 5.86. The lowest BCUT2D eigenvalue weighted by Crippen LogP contribution is -2.36. The van der Waals surface area contributed by atoms with Crippen LogP contribution < -0.4 is 20.3 Å². The number of pyridine rings is 1. The van der Waals surface area contributed by atoms with Crippen LogP contribution in [0.25, 0.3) is 0 Å². The van der Waals surface area contributed by atoms with E-state index in [2.05, 4.69) is 20.5 Å². The molecule has 0 saturated carbocycles. The SMILES string of the molecule is COc1ccccc1CNC(=O)c1cc(C(=O)Nc2ccc(N3CCOCC3)cn2)c(Cl)cc1F. The average Bonchev–Trinajstić information content (AvgIpc) is 2.88. The molecule has 2 aromatic carbocycles. The number of nitrogens with zero attached hydrogens (tertiary/aromatic N) is 2. The van der Waals surface area contributed by atoms with E-state index < -0.39 is 17.6 Å².